The summed E-state index contributed by atoms with van der Waals surface area (Å²) < 4.78 is 0. The van der Waals surface area contributed by atoms with E-state index in [0.717, 1.165) is 0 Å². The molecule has 4 N–H and O–H groups in total. The van der Waals surface area contributed by atoms with E-state index in [-0.39, 0.29) is 36.6 Å². The number of hydrogen-bond acceptors (Lipinski definition) is 5. The summed E-state index contributed by atoms with van der Waals surface area (Å²) in [6.45, 7) is 0. The summed E-state index contributed by atoms with van der Waals surface area (Å²) in [7, 11) is 0. The number of ketones is 1. The zero-order valence-electron chi connectivity index (χ0n) is 10.4. The zero-order valence-corrected chi connectivity index (χ0v) is 10.4. The first-order valence-corrected chi connectivity index (χ1v) is 6.75. The number of aliphatic hydroxyl groups excluding tert-OH is 4. The Kier molecular flexibility index (Phi) is 4.37. The Labute approximate surface area is 106 Å². The monoisotopic (exact) mass is 258 g/mol. The quantitative estimate of drug-likeness (QED) is 0.540. The second kappa shape index (κ2) is 5.65. The summed E-state index contributed by atoms with van der Waals surface area (Å²) in [4.78, 5) is 12.3. The first-order chi connectivity index (χ1) is 8.49. The van der Waals surface area contributed by atoms with Crippen LogP contribution in [0.15, 0.2) is 0 Å². The minimum atomic E-state index is -1.14. The SMILES string of the molecule is O=C(C1CCC(O)CC1)C1CC(O)C(O)C(O)C1. The highest BCUT2D eigenvalue weighted by molar-refractivity contribution is 5.83. The van der Waals surface area contributed by atoms with Crippen LogP contribution in [0, 0.1) is 11.8 Å². The Morgan fingerprint density at radius 2 is 1.28 bits per heavy atom. The molecule has 5 heteroatoms. The van der Waals surface area contributed by atoms with Crippen molar-refractivity contribution >= 4 is 5.78 Å². The average molecular weight is 258 g/mol. The lowest BCUT2D eigenvalue weighted by molar-refractivity contribution is -0.141. The first-order valence-electron chi connectivity index (χ1n) is 6.75. The fraction of sp³-hybridized carbons (Fsp3) is 0.923. The lowest BCUT2D eigenvalue weighted by atomic mass is 9.74. The van der Waals surface area contributed by atoms with Gasteiger partial charge in [-0.2, -0.15) is 0 Å². The average Bonchev–Trinajstić information content (AvgIpc) is 2.35. The van der Waals surface area contributed by atoms with Gasteiger partial charge in [0.05, 0.1) is 18.3 Å². The largest absolute Gasteiger partial charge is 0.393 e. The maximum atomic E-state index is 12.3. The van der Waals surface area contributed by atoms with Gasteiger partial charge >= 0.3 is 0 Å². The molecular formula is C13H22O5. The molecular weight excluding hydrogens is 236 g/mol. The minimum absolute atomic E-state index is 0.0620. The van der Waals surface area contributed by atoms with Gasteiger partial charge in [-0.05, 0) is 38.5 Å². The molecule has 0 amide bonds. The summed E-state index contributed by atoms with van der Waals surface area (Å²) in [6, 6.07) is 0. The lowest BCUT2D eigenvalue weighted by Crippen LogP contribution is -2.47. The third-order valence-electron chi connectivity index (χ3n) is 4.34. The first kappa shape index (κ1) is 13.9. The lowest BCUT2D eigenvalue weighted by Gasteiger charge is -2.35. The Morgan fingerprint density at radius 1 is 0.778 bits per heavy atom. The van der Waals surface area contributed by atoms with E-state index in [1.807, 2.05) is 0 Å². The third kappa shape index (κ3) is 2.91. The van der Waals surface area contributed by atoms with Crippen molar-refractivity contribution in [3.05, 3.63) is 0 Å². The van der Waals surface area contributed by atoms with Crippen LogP contribution in [0.3, 0.4) is 0 Å². The molecule has 0 aromatic heterocycles. The molecule has 5 nitrogen and oxygen atoms in total. The number of rotatable bonds is 2. The molecule has 0 aliphatic heterocycles. The maximum absolute atomic E-state index is 12.3. The maximum Gasteiger partial charge on any atom is 0.139 e. The van der Waals surface area contributed by atoms with Crippen LogP contribution < -0.4 is 0 Å². The molecule has 2 atom stereocenters. The fourth-order valence-corrected chi connectivity index (χ4v) is 3.14. The predicted molar refractivity (Wildman–Crippen MR) is 63.7 cm³/mol. The minimum Gasteiger partial charge on any atom is -0.393 e. The van der Waals surface area contributed by atoms with Crippen molar-refractivity contribution in [1.29, 1.82) is 0 Å². The molecule has 2 aliphatic carbocycles. The van der Waals surface area contributed by atoms with Gasteiger partial charge in [0.25, 0.3) is 0 Å². The zero-order chi connectivity index (χ0) is 13.3. The van der Waals surface area contributed by atoms with E-state index < -0.39 is 18.3 Å². The van der Waals surface area contributed by atoms with Crippen molar-refractivity contribution in [1.82, 2.24) is 0 Å². The van der Waals surface area contributed by atoms with Crippen molar-refractivity contribution in [2.45, 2.75) is 62.9 Å². The molecule has 2 saturated carbocycles. The van der Waals surface area contributed by atoms with E-state index in [9.17, 15) is 25.2 Å². The van der Waals surface area contributed by atoms with E-state index in [4.69, 9.17) is 0 Å². The molecule has 0 heterocycles. The molecule has 2 unspecified atom stereocenters. The second-order valence-corrected chi connectivity index (χ2v) is 5.70. The van der Waals surface area contributed by atoms with Crippen molar-refractivity contribution in [2.24, 2.45) is 11.8 Å². The number of carbonyl (C=O) groups is 1. The normalized spacial score (nSPS) is 45.8. The molecule has 2 rings (SSSR count). The van der Waals surface area contributed by atoms with Crippen LogP contribution in [0.4, 0.5) is 0 Å². The van der Waals surface area contributed by atoms with Gasteiger partial charge in [0.1, 0.15) is 11.9 Å². The highest BCUT2D eigenvalue weighted by Gasteiger charge is 2.40. The van der Waals surface area contributed by atoms with E-state index >= 15 is 0 Å². The van der Waals surface area contributed by atoms with E-state index in [1.54, 1.807) is 0 Å². The highest BCUT2D eigenvalue weighted by atomic mass is 16.4. The summed E-state index contributed by atoms with van der Waals surface area (Å²) in [6.07, 6.45) is -0.328. The van der Waals surface area contributed by atoms with Crippen molar-refractivity contribution in [3.63, 3.8) is 0 Å². The van der Waals surface area contributed by atoms with Gasteiger partial charge < -0.3 is 20.4 Å². The highest BCUT2D eigenvalue weighted by Crippen LogP contribution is 2.33. The van der Waals surface area contributed by atoms with Gasteiger partial charge in [-0.15, -0.1) is 0 Å². The van der Waals surface area contributed by atoms with Gasteiger partial charge in [0.2, 0.25) is 0 Å². The Hall–Kier alpha value is -0.490. The molecule has 0 aromatic rings. The van der Waals surface area contributed by atoms with Gasteiger partial charge in [0.15, 0.2) is 0 Å². The fourth-order valence-electron chi connectivity index (χ4n) is 3.14. The molecule has 2 aliphatic rings. The Morgan fingerprint density at radius 3 is 1.78 bits per heavy atom. The number of carbonyl (C=O) groups excluding carboxylic acids is 1. The summed E-state index contributed by atoms with van der Waals surface area (Å²) in [5.41, 5.74) is 0. The van der Waals surface area contributed by atoms with Crippen LogP contribution in [0.2, 0.25) is 0 Å². The molecule has 0 radical (unpaired) electrons. The van der Waals surface area contributed by atoms with Crippen LogP contribution in [0.25, 0.3) is 0 Å². The molecule has 2 fully saturated rings. The molecule has 0 saturated heterocycles. The summed E-state index contributed by atoms with van der Waals surface area (Å²) in [5, 5.41) is 38.1. The van der Waals surface area contributed by atoms with E-state index in [1.165, 1.54) is 0 Å². The summed E-state index contributed by atoms with van der Waals surface area (Å²) in [5.74, 6) is -0.349. The van der Waals surface area contributed by atoms with Crippen LogP contribution in [0.1, 0.15) is 38.5 Å². The smallest absolute Gasteiger partial charge is 0.139 e. The number of aliphatic hydroxyl groups is 4. The van der Waals surface area contributed by atoms with Crippen LogP contribution >= 0.6 is 0 Å². The van der Waals surface area contributed by atoms with Gasteiger partial charge in [-0.25, -0.2) is 0 Å². The van der Waals surface area contributed by atoms with Gasteiger partial charge in [-0.1, -0.05) is 0 Å². The van der Waals surface area contributed by atoms with Gasteiger partial charge in [-0.3, -0.25) is 4.79 Å². The van der Waals surface area contributed by atoms with Gasteiger partial charge in [0, 0.05) is 11.8 Å². The van der Waals surface area contributed by atoms with E-state index in [2.05, 4.69) is 0 Å². The van der Waals surface area contributed by atoms with Crippen LogP contribution in [-0.4, -0.2) is 50.6 Å². The molecule has 0 spiro atoms. The molecule has 0 aromatic carbocycles. The molecule has 18 heavy (non-hydrogen) atoms. The van der Waals surface area contributed by atoms with Crippen LogP contribution in [0.5, 0.6) is 0 Å². The van der Waals surface area contributed by atoms with Crippen molar-refractivity contribution < 1.29 is 25.2 Å². The Bertz CT molecular complexity index is 286. The molecule has 0 bridgehead atoms. The third-order valence-corrected chi connectivity index (χ3v) is 4.34. The van der Waals surface area contributed by atoms with Crippen LogP contribution in [-0.2, 0) is 4.79 Å². The second-order valence-electron chi connectivity index (χ2n) is 5.70. The number of hydrogen-bond donors (Lipinski definition) is 4. The molecule has 104 valence electrons. The van der Waals surface area contributed by atoms with Crippen molar-refractivity contribution in [3.8, 4) is 0 Å². The van der Waals surface area contributed by atoms with E-state index in [0.29, 0.717) is 25.7 Å². The summed E-state index contributed by atoms with van der Waals surface area (Å²) >= 11 is 0. The predicted octanol–water partition coefficient (Wildman–Crippen LogP) is -0.401. The van der Waals surface area contributed by atoms with Crippen molar-refractivity contribution in [2.75, 3.05) is 0 Å². The topological polar surface area (TPSA) is 98.0 Å². The Balaban J connectivity index is 1.93. The standard InChI is InChI=1S/C13H22O5/c14-9-3-1-7(2-4-9)12(17)8-5-10(15)13(18)11(16)6-8/h7-11,13-16,18H,1-6H2. The number of Topliss-reactive ketones (excluding diaryl/α,β-unsaturated/α-hetero) is 1.